The molecule has 2 fully saturated rings. The lowest BCUT2D eigenvalue weighted by Gasteiger charge is -2.48. The van der Waals surface area contributed by atoms with E-state index in [-0.39, 0.29) is 0 Å². The van der Waals surface area contributed by atoms with Gasteiger partial charge in [-0.2, -0.15) is 0 Å². The second-order valence-corrected chi connectivity index (χ2v) is 6.01. The van der Waals surface area contributed by atoms with E-state index in [1.165, 1.54) is 51.4 Å². The van der Waals surface area contributed by atoms with Crippen LogP contribution in [0.4, 0.5) is 0 Å². The molecule has 0 aliphatic carbocycles. The summed E-state index contributed by atoms with van der Waals surface area (Å²) in [6, 6.07) is 0.801. The SMILES string of the molecule is CCN1CCN(C2CN(Cc3cnsc3)C2)CC1. The van der Waals surface area contributed by atoms with Crippen molar-refractivity contribution in [1.29, 1.82) is 0 Å². The first-order valence-corrected chi connectivity index (χ1v) is 7.76. The Hall–Kier alpha value is -0.490. The minimum Gasteiger partial charge on any atom is -0.301 e. The Morgan fingerprint density at radius 3 is 2.61 bits per heavy atom. The predicted molar refractivity (Wildman–Crippen MR) is 74.9 cm³/mol. The maximum Gasteiger partial charge on any atom is 0.0452 e. The molecule has 100 valence electrons. The quantitative estimate of drug-likeness (QED) is 0.810. The highest BCUT2D eigenvalue weighted by Crippen LogP contribution is 2.19. The molecule has 5 heteroatoms. The van der Waals surface area contributed by atoms with Crippen molar-refractivity contribution in [2.75, 3.05) is 45.8 Å². The molecule has 2 aliphatic rings. The molecular weight excluding hydrogens is 244 g/mol. The van der Waals surface area contributed by atoms with Crippen molar-refractivity contribution in [3.8, 4) is 0 Å². The van der Waals surface area contributed by atoms with Crippen LogP contribution in [0, 0.1) is 0 Å². The molecule has 0 unspecified atom stereocenters. The van der Waals surface area contributed by atoms with Gasteiger partial charge in [0.15, 0.2) is 0 Å². The molecule has 3 heterocycles. The molecular formula is C13H22N4S. The monoisotopic (exact) mass is 266 g/mol. The average Bonchev–Trinajstić information content (AvgIpc) is 2.86. The van der Waals surface area contributed by atoms with E-state index in [0.29, 0.717) is 0 Å². The van der Waals surface area contributed by atoms with Gasteiger partial charge in [-0.15, -0.1) is 0 Å². The largest absolute Gasteiger partial charge is 0.301 e. The molecule has 0 spiro atoms. The number of aromatic nitrogens is 1. The second kappa shape index (κ2) is 5.65. The van der Waals surface area contributed by atoms with Gasteiger partial charge in [0.05, 0.1) is 0 Å². The summed E-state index contributed by atoms with van der Waals surface area (Å²) < 4.78 is 4.16. The van der Waals surface area contributed by atoms with E-state index < -0.39 is 0 Å². The lowest BCUT2D eigenvalue weighted by atomic mass is 10.1. The van der Waals surface area contributed by atoms with Crippen LogP contribution in [0.1, 0.15) is 12.5 Å². The van der Waals surface area contributed by atoms with Crippen LogP contribution >= 0.6 is 11.5 Å². The molecule has 0 atom stereocenters. The van der Waals surface area contributed by atoms with Crippen LogP contribution in [-0.4, -0.2) is 70.9 Å². The van der Waals surface area contributed by atoms with Crippen LogP contribution in [0.2, 0.25) is 0 Å². The third-order valence-corrected chi connectivity index (χ3v) is 4.83. The van der Waals surface area contributed by atoms with E-state index in [2.05, 4.69) is 31.4 Å². The van der Waals surface area contributed by atoms with Gasteiger partial charge in [-0.3, -0.25) is 9.80 Å². The lowest BCUT2D eigenvalue weighted by molar-refractivity contribution is 0.00215. The number of rotatable bonds is 4. The fraction of sp³-hybridized carbons (Fsp3) is 0.769. The molecule has 0 radical (unpaired) electrons. The zero-order valence-electron chi connectivity index (χ0n) is 11.1. The van der Waals surface area contributed by atoms with Gasteiger partial charge >= 0.3 is 0 Å². The summed E-state index contributed by atoms with van der Waals surface area (Å²) in [7, 11) is 0. The highest BCUT2D eigenvalue weighted by atomic mass is 32.1. The Labute approximate surface area is 113 Å². The summed E-state index contributed by atoms with van der Waals surface area (Å²) in [6.45, 7) is 12.0. The van der Waals surface area contributed by atoms with E-state index >= 15 is 0 Å². The molecule has 0 bridgehead atoms. The first kappa shape index (κ1) is 12.5. The minimum atomic E-state index is 0.801. The van der Waals surface area contributed by atoms with Crippen molar-refractivity contribution >= 4 is 11.5 Å². The van der Waals surface area contributed by atoms with Crippen LogP contribution < -0.4 is 0 Å². The van der Waals surface area contributed by atoms with Gasteiger partial charge in [-0.1, -0.05) is 6.92 Å². The molecule has 1 aromatic rings. The Kier molecular flexibility index (Phi) is 3.94. The highest BCUT2D eigenvalue weighted by molar-refractivity contribution is 7.03. The fourth-order valence-corrected chi connectivity index (χ4v) is 3.44. The maximum absolute atomic E-state index is 4.16. The Bertz CT molecular complexity index is 353. The third-order valence-electron chi connectivity index (χ3n) is 4.20. The van der Waals surface area contributed by atoms with Crippen molar-refractivity contribution in [2.45, 2.75) is 19.5 Å². The van der Waals surface area contributed by atoms with Crippen LogP contribution in [-0.2, 0) is 6.54 Å². The van der Waals surface area contributed by atoms with Gasteiger partial charge in [-0.05, 0) is 23.6 Å². The van der Waals surface area contributed by atoms with Crippen LogP contribution in [0.5, 0.6) is 0 Å². The number of nitrogens with zero attached hydrogens (tertiary/aromatic N) is 4. The summed E-state index contributed by atoms with van der Waals surface area (Å²) >= 11 is 1.56. The van der Waals surface area contributed by atoms with E-state index in [1.54, 1.807) is 11.5 Å². The van der Waals surface area contributed by atoms with Crippen LogP contribution in [0.3, 0.4) is 0 Å². The molecule has 18 heavy (non-hydrogen) atoms. The number of hydrogen-bond acceptors (Lipinski definition) is 5. The van der Waals surface area contributed by atoms with Crippen LogP contribution in [0.25, 0.3) is 0 Å². The molecule has 0 aromatic carbocycles. The molecule has 2 saturated heterocycles. The first-order valence-electron chi connectivity index (χ1n) is 6.92. The number of likely N-dealkylation sites (N-methyl/N-ethyl adjacent to an activating group) is 1. The number of hydrogen-bond donors (Lipinski definition) is 0. The van der Waals surface area contributed by atoms with Crippen molar-refractivity contribution < 1.29 is 0 Å². The zero-order valence-corrected chi connectivity index (χ0v) is 11.9. The normalized spacial score (nSPS) is 24.3. The smallest absolute Gasteiger partial charge is 0.0452 e. The summed E-state index contributed by atoms with van der Waals surface area (Å²) in [5, 5.41) is 2.16. The molecule has 1 aromatic heterocycles. The summed E-state index contributed by atoms with van der Waals surface area (Å²) in [6.07, 6.45) is 2.00. The molecule has 0 N–H and O–H groups in total. The van der Waals surface area contributed by atoms with E-state index in [0.717, 1.165) is 12.6 Å². The molecule has 4 nitrogen and oxygen atoms in total. The third kappa shape index (κ3) is 2.74. The van der Waals surface area contributed by atoms with Crippen molar-refractivity contribution in [2.24, 2.45) is 0 Å². The van der Waals surface area contributed by atoms with Gasteiger partial charge in [0.1, 0.15) is 0 Å². The lowest BCUT2D eigenvalue weighted by Crippen LogP contribution is -2.62. The second-order valence-electron chi connectivity index (χ2n) is 5.35. The van der Waals surface area contributed by atoms with Gasteiger partial charge in [-0.25, -0.2) is 4.37 Å². The van der Waals surface area contributed by atoms with Gasteiger partial charge in [0, 0.05) is 63.4 Å². The minimum absolute atomic E-state index is 0.801. The molecule has 3 rings (SSSR count). The Morgan fingerprint density at radius 1 is 1.22 bits per heavy atom. The average molecular weight is 266 g/mol. The van der Waals surface area contributed by atoms with Crippen molar-refractivity contribution in [1.82, 2.24) is 19.1 Å². The number of likely N-dealkylation sites (tertiary alicyclic amines) is 1. The van der Waals surface area contributed by atoms with E-state index in [9.17, 15) is 0 Å². The van der Waals surface area contributed by atoms with Gasteiger partial charge in [0.25, 0.3) is 0 Å². The Morgan fingerprint density at radius 2 is 2.00 bits per heavy atom. The van der Waals surface area contributed by atoms with Gasteiger partial charge in [0.2, 0.25) is 0 Å². The Balaban J connectivity index is 1.40. The highest BCUT2D eigenvalue weighted by Gasteiger charge is 2.33. The number of piperazine rings is 1. The molecule has 2 aliphatic heterocycles. The first-order chi connectivity index (χ1) is 8.85. The fourth-order valence-electron chi connectivity index (χ4n) is 2.91. The summed E-state index contributed by atoms with van der Waals surface area (Å²) in [4.78, 5) is 7.75. The van der Waals surface area contributed by atoms with Crippen LogP contribution in [0.15, 0.2) is 11.6 Å². The molecule has 0 saturated carbocycles. The van der Waals surface area contributed by atoms with E-state index in [1.807, 2.05) is 6.20 Å². The summed E-state index contributed by atoms with van der Waals surface area (Å²) in [5.41, 5.74) is 1.37. The standard InChI is InChI=1S/C13H22N4S/c1-2-15-3-5-17(6-4-15)13-9-16(10-13)8-12-7-14-18-11-12/h7,11,13H,2-6,8-10H2,1H3. The van der Waals surface area contributed by atoms with E-state index in [4.69, 9.17) is 0 Å². The maximum atomic E-state index is 4.16. The summed E-state index contributed by atoms with van der Waals surface area (Å²) in [5.74, 6) is 0. The predicted octanol–water partition coefficient (Wildman–Crippen LogP) is 0.965. The van der Waals surface area contributed by atoms with Gasteiger partial charge < -0.3 is 4.90 Å². The van der Waals surface area contributed by atoms with Crippen molar-refractivity contribution in [3.05, 3.63) is 17.1 Å². The zero-order chi connectivity index (χ0) is 12.4. The van der Waals surface area contributed by atoms with Crippen molar-refractivity contribution in [3.63, 3.8) is 0 Å². The topological polar surface area (TPSA) is 22.6 Å². The molecule has 0 amide bonds.